The molecular weight excluding hydrogens is 230 g/mol. The van der Waals surface area contributed by atoms with E-state index in [1.54, 1.807) is 4.68 Å². The van der Waals surface area contributed by atoms with E-state index in [1.165, 1.54) is 0 Å². The van der Waals surface area contributed by atoms with Gasteiger partial charge in [0.1, 0.15) is 6.07 Å². The Morgan fingerprint density at radius 1 is 1.28 bits per heavy atom. The zero-order valence-electron chi connectivity index (χ0n) is 12.3. The molecular formula is C13H25N3O2. The highest BCUT2D eigenvalue weighted by atomic mass is 16.5. The van der Waals surface area contributed by atoms with E-state index >= 15 is 0 Å². The Bertz CT molecular complexity index is 354. The van der Waals surface area contributed by atoms with Crippen LogP contribution in [0.5, 0.6) is 5.88 Å². The summed E-state index contributed by atoms with van der Waals surface area (Å²) in [5, 5.41) is 21.2. The van der Waals surface area contributed by atoms with E-state index in [1.807, 2.05) is 47.6 Å². The second-order valence-corrected chi connectivity index (χ2v) is 2.91. The molecule has 1 aromatic heterocycles. The van der Waals surface area contributed by atoms with Gasteiger partial charge in [0.15, 0.2) is 6.61 Å². The van der Waals surface area contributed by atoms with Gasteiger partial charge >= 0.3 is 0 Å². The summed E-state index contributed by atoms with van der Waals surface area (Å²) in [6.07, 6.45) is 0. The number of nitriles is 1. The summed E-state index contributed by atoms with van der Waals surface area (Å²) < 4.78 is 6.79. The van der Waals surface area contributed by atoms with Crippen molar-refractivity contribution in [2.45, 2.75) is 48.1 Å². The molecule has 0 bridgehead atoms. The lowest BCUT2D eigenvalue weighted by Crippen LogP contribution is -2.06. The second-order valence-electron chi connectivity index (χ2n) is 2.91. The standard InChI is InChI=1S/C9H13N3O2.2C2H6/c1-7-8(2)12(4-5-13)11-9(7)14-6-3-10;2*1-2/h13H,4-6H2,1-2H3;2*1-2H3. The topological polar surface area (TPSA) is 71.1 Å². The molecule has 0 amide bonds. The van der Waals surface area contributed by atoms with E-state index < -0.39 is 0 Å². The lowest BCUT2D eigenvalue weighted by Gasteiger charge is -1.99. The largest absolute Gasteiger partial charge is 0.461 e. The molecule has 1 aromatic rings. The predicted molar refractivity (Wildman–Crippen MR) is 72.6 cm³/mol. The Morgan fingerprint density at radius 2 is 1.83 bits per heavy atom. The monoisotopic (exact) mass is 255 g/mol. The third-order valence-corrected chi connectivity index (χ3v) is 2.05. The second kappa shape index (κ2) is 11.9. The molecule has 0 saturated heterocycles. The summed E-state index contributed by atoms with van der Waals surface area (Å²) >= 11 is 0. The molecule has 104 valence electrons. The maximum absolute atomic E-state index is 8.77. The first-order valence-corrected chi connectivity index (χ1v) is 6.35. The third-order valence-electron chi connectivity index (χ3n) is 2.05. The Morgan fingerprint density at radius 3 is 2.28 bits per heavy atom. The van der Waals surface area contributed by atoms with Crippen LogP contribution in [-0.4, -0.2) is 28.1 Å². The van der Waals surface area contributed by atoms with Gasteiger partial charge < -0.3 is 9.84 Å². The van der Waals surface area contributed by atoms with Crippen LogP contribution in [0.15, 0.2) is 0 Å². The molecule has 0 aliphatic heterocycles. The van der Waals surface area contributed by atoms with E-state index in [-0.39, 0.29) is 13.2 Å². The maximum atomic E-state index is 8.77. The lowest BCUT2D eigenvalue weighted by atomic mass is 10.3. The van der Waals surface area contributed by atoms with Crippen molar-refractivity contribution < 1.29 is 9.84 Å². The van der Waals surface area contributed by atoms with Gasteiger partial charge in [-0.25, -0.2) is 0 Å². The van der Waals surface area contributed by atoms with Gasteiger partial charge in [0.2, 0.25) is 5.88 Å². The van der Waals surface area contributed by atoms with Gasteiger partial charge in [-0.2, -0.15) is 5.26 Å². The van der Waals surface area contributed by atoms with Crippen LogP contribution in [0.2, 0.25) is 0 Å². The van der Waals surface area contributed by atoms with Gasteiger partial charge in [0.25, 0.3) is 0 Å². The van der Waals surface area contributed by atoms with Gasteiger partial charge in [0, 0.05) is 11.3 Å². The molecule has 0 aliphatic rings. The van der Waals surface area contributed by atoms with Crippen molar-refractivity contribution in [1.82, 2.24) is 9.78 Å². The zero-order chi connectivity index (χ0) is 14.6. The summed E-state index contributed by atoms with van der Waals surface area (Å²) in [6, 6.07) is 1.88. The normalized spacial score (nSPS) is 8.33. The Hall–Kier alpha value is -1.54. The van der Waals surface area contributed by atoms with Gasteiger partial charge in [0.05, 0.1) is 13.2 Å². The Kier molecular flexibility index (Phi) is 12.5. The number of rotatable bonds is 4. The summed E-state index contributed by atoms with van der Waals surface area (Å²) in [6.45, 7) is 12.3. The molecule has 0 fully saturated rings. The SMILES string of the molecule is CC.CC.Cc1c(OCC#N)nn(CCO)c1C. The number of nitrogens with zero attached hydrogens (tertiary/aromatic N) is 3. The van der Waals surface area contributed by atoms with Crippen LogP contribution in [0.4, 0.5) is 0 Å². The smallest absolute Gasteiger partial charge is 0.237 e. The number of aromatic nitrogens is 2. The van der Waals surface area contributed by atoms with E-state index in [4.69, 9.17) is 15.1 Å². The molecule has 5 nitrogen and oxygen atoms in total. The number of aliphatic hydroxyl groups excluding tert-OH is 1. The first kappa shape index (κ1) is 18.8. The first-order valence-electron chi connectivity index (χ1n) is 6.35. The number of ether oxygens (including phenoxy) is 1. The van der Waals surface area contributed by atoms with Crippen molar-refractivity contribution in [2.24, 2.45) is 0 Å². The molecule has 0 aromatic carbocycles. The van der Waals surface area contributed by atoms with Crippen molar-refractivity contribution in [2.75, 3.05) is 13.2 Å². The summed E-state index contributed by atoms with van der Waals surface area (Å²) in [7, 11) is 0. The molecule has 0 spiro atoms. The molecule has 5 heteroatoms. The van der Waals surface area contributed by atoms with Crippen LogP contribution < -0.4 is 4.74 Å². The van der Waals surface area contributed by atoms with Crippen LogP contribution >= 0.6 is 0 Å². The summed E-state index contributed by atoms with van der Waals surface area (Å²) in [5.74, 6) is 0.470. The average molecular weight is 255 g/mol. The van der Waals surface area contributed by atoms with E-state index in [0.29, 0.717) is 12.4 Å². The van der Waals surface area contributed by atoms with E-state index in [0.717, 1.165) is 11.3 Å². The quantitative estimate of drug-likeness (QED) is 0.897. The molecule has 1 rings (SSSR count). The van der Waals surface area contributed by atoms with Crippen LogP contribution in [0, 0.1) is 25.2 Å². The van der Waals surface area contributed by atoms with Crippen LogP contribution in [-0.2, 0) is 6.54 Å². The fraction of sp³-hybridized carbons (Fsp3) is 0.692. The molecule has 0 radical (unpaired) electrons. The van der Waals surface area contributed by atoms with Crippen molar-refractivity contribution in [3.8, 4) is 11.9 Å². The molecule has 0 saturated carbocycles. The van der Waals surface area contributed by atoms with Gasteiger partial charge in [-0.1, -0.05) is 27.7 Å². The Labute approximate surface area is 110 Å². The maximum Gasteiger partial charge on any atom is 0.237 e. The third kappa shape index (κ3) is 5.69. The highest BCUT2D eigenvalue weighted by Gasteiger charge is 2.10. The minimum absolute atomic E-state index is 0.00355. The number of hydrogen-bond donors (Lipinski definition) is 1. The van der Waals surface area contributed by atoms with Gasteiger partial charge in [-0.15, -0.1) is 5.10 Å². The first-order chi connectivity index (χ1) is 8.70. The molecule has 18 heavy (non-hydrogen) atoms. The highest BCUT2D eigenvalue weighted by Crippen LogP contribution is 2.19. The van der Waals surface area contributed by atoms with E-state index in [9.17, 15) is 0 Å². The van der Waals surface area contributed by atoms with Crippen molar-refractivity contribution in [1.29, 1.82) is 5.26 Å². The summed E-state index contributed by atoms with van der Waals surface area (Å²) in [4.78, 5) is 0. The lowest BCUT2D eigenvalue weighted by molar-refractivity contribution is 0.264. The molecule has 0 aliphatic carbocycles. The predicted octanol–water partition coefficient (Wildman–Crippen LogP) is 2.45. The molecule has 0 atom stereocenters. The Balaban J connectivity index is 0. The van der Waals surface area contributed by atoms with Crippen molar-refractivity contribution >= 4 is 0 Å². The highest BCUT2D eigenvalue weighted by molar-refractivity contribution is 5.29. The van der Waals surface area contributed by atoms with Crippen LogP contribution in [0.1, 0.15) is 39.0 Å². The molecule has 0 unspecified atom stereocenters. The molecule has 1 N–H and O–H groups in total. The number of aliphatic hydroxyl groups is 1. The molecule has 1 heterocycles. The van der Waals surface area contributed by atoms with Gasteiger partial charge in [-0.3, -0.25) is 4.68 Å². The van der Waals surface area contributed by atoms with Crippen LogP contribution in [0.25, 0.3) is 0 Å². The fourth-order valence-electron chi connectivity index (χ4n) is 1.16. The van der Waals surface area contributed by atoms with Crippen LogP contribution in [0.3, 0.4) is 0 Å². The minimum atomic E-state index is -0.00355. The van der Waals surface area contributed by atoms with E-state index in [2.05, 4.69) is 5.10 Å². The zero-order valence-corrected chi connectivity index (χ0v) is 12.3. The number of hydrogen-bond acceptors (Lipinski definition) is 4. The van der Waals surface area contributed by atoms with Crippen molar-refractivity contribution in [3.63, 3.8) is 0 Å². The minimum Gasteiger partial charge on any atom is -0.461 e. The fourth-order valence-corrected chi connectivity index (χ4v) is 1.16. The van der Waals surface area contributed by atoms with Gasteiger partial charge in [-0.05, 0) is 13.8 Å². The average Bonchev–Trinajstić information content (AvgIpc) is 2.70. The summed E-state index contributed by atoms with van der Waals surface area (Å²) in [5.41, 5.74) is 1.86. The van der Waals surface area contributed by atoms with Crippen molar-refractivity contribution in [3.05, 3.63) is 11.3 Å².